The van der Waals surface area contributed by atoms with Crippen molar-refractivity contribution >= 4 is 34.8 Å². The van der Waals surface area contributed by atoms with Crippen molar-refractivity contribution in [2.24, 2.45) is 5.92 Å². The summed E-state index contributed by atoms with van der Waals surface area (Å²) in [5.41, 5.74) is 3.61. The Hall–Kier alpha value is -2.33. The molecule has 1 aliphatic heterocycles. The van der Waals surface area contributed by atoms with Crippen LogP contribution in [0.15, 0.2) is 42.5 Å². The summed E-state index contributed by atoms with van der Waals surface area (Å²) in [6.45, 7) is 4.34. The van der Waals surface area contributed by atoms with Gasteiger partial charge in [0.1, 0.15) is 0 Å². The Morgan fingerprint density at radius 2 is 2.04 bits per heavy atom. The van der Waals surface area contributed by atoms with Gasteiger partial charge in [-0.2, -0.15) is 0 Å². The monoisotopic (exact) mass is 356 g/mol. The van der Waals surface area contributed by atoms with Crippen LogP contribution in [0.5, 0.6) is 0 Å². The quantitative estimate of drug-likeness (QED) is 0.892. The molecule has 0 bridgehead atoms. The van der Waals surface area contributed by atoms with E-state index < -0.39 is 0 Å². The molecule has 0 radical (unpaired) electrons. The number of para-hydroxylation sites is 1. The maximum atomic E-state index is 12.6. The molecule has 130 valence electrons. The topological polar surface area (TPSA) is 49.4 Å². The van der Waals surface area contributed by atoms with Gasteiger partial charge in [0.2, 0.25) is 11.8 Å². The highest BCUT2D eigenvalue weighted by atomic mass is 35.5. The molecule has 2 aromatic rings. The van der Waals surface area contributed by atoms with Gasteiger partial charge >= 0.3 is 0 Å². The normalized spacial score (nSPS) is 17.0. The van der Waals surface area contributed by atoms with Gasteiger partial charge in [0.05, 0.1) is 5.92 Å². The molecule has 1 aliphatic rings. The molecule has 1 unspecified atom stereocenters. The second-order valence-corrected chi connectivity index (χ2v) is 6.75. The molecule has 0 spiro atoms. The molecule has 0 aromatic heterocycles. The van der Waals surface area contributed by atoms with Crippen molar-refractivity contribution in [2.45, 2.75) is 26.7 Å². The summed E-state index contributed by atoms with van der Waals surface area (Å²) in [6.07, 6.45) is 1.06. The minimum absolute atomic E-state index is 0.0520. The van der Waals surface area contributed by atoms with Gasteiger partial charge in [0.15, 0.2) is 0 Å². The zero-order valence-electron chi connectivity index (χ0n) is 14.4. The maximum Gasteiger partial charge on any atom is 0.229 e. The van der Waals surface area contributed by atoms with Gasteiger partial charge in [0, 0.05) is 29.4 Å². The first-order valence-corrected chi connectivity index (χ1v) is 8.82. The van der Waals surface area contributed by atoms with Gasteiger partial charge in [0.25, 0.3) is 0 Å². The Balaban J connectivity index is 1.73. The predicted molar refractivity (Wildman–Crippen MR) is 101 cm³/mol. The van der Waals surface area contributed by atoms with Crippen molar-refractivity contribution in [1.82, 2.24) is 0 Å². The lowest BCUT2D eigenvalue weighted by Crippen LogP contribution is -2.28. The van der Waals surface area contributed by atoms with Gasteiger partial charge < -0.3 is 10.2 Å². The summed E-state index contributed by atoms with van der Waals surface area (Å²) in [4.78, 5) is 26.6. The molecule has 5 heteroatoms. The third kappa shape index (κ3) is 3.69. The average molecular weight is 357 g/mol. The zero-order chi connectivity index (χ0) is 18.0. The first kappa shape index (κ1) is 17.5. The molecule has 25 heavy (non-hydrogen) atoms. The Labute approximate surface area is 152 Å². The standard InChI is InChI=1S/C20H21ClN2O2/c1-3-14-6-4-5-7-18(14)22-20(25)15-10-19(24)23(12-15)16-9-8-13(2)17(21)11-16/h4-9,11,15H,3,10,12H2,1-2H3,(H,22,25). The number of carbonyl (C=O) groups is 2. The highest BCUT2D eigenvalue weighted by Crippen LogP contribution is 2.29. The first-order chi connectivity index (χ1) is 12.0. The van der Waals surface area contributed by atoms with Crippen LogP contribution in [0.25, 0.3) is 0 Å². The van der Waals surface area contributed by atoms with Crippen LogP contribution in [0.2, 0.25) is 5.02 Å². The van der Waals surface area contributed by atoms with E-state index in [1.807, 2.05) is 50.2 Å². The number of halogens is 1. The highest BCUT2D eigenvalue weighted by molar-refractivity contribution is 6.31. The van der Waals surface area contributed by atoms with Gasteiger partial charge in [-0.3, -0.25) is 9.59 Å². The van der Waals surface area contributed by atoms with Crippen LogP contribution < -0.4 is 10.2 Å². The molecule has 0 aliphatic carbocycles. The SMILES string of the molecule is CCc1ccccc1NC(=O)C1CC(=O)N(c2ccc(C)c(Cl)c2)C1. The number of benzene rings is 2. The molecule has 1 N–H and O–H groups in total. The molecular weight excluding hydrogens is 336 g/mol. The summed E-state index contributed by atoms with van der Waals surface area (Å²) < 4.78 is 0. The minimum atomic E-state index is -0.363. The van der Waals surface area contributed by atoms with E-state index in [9.17, 15) is 9.59 Å². The van der Waals surface area contributed by atoms with E-state index in [0.29, 0.717) is 11.6 Å². The number of hydrogen-bond acceptors (Lipinski definition) is 2. The number of hydrogen-bond donors (Lipinski definition) is 1. The van der Waals surface area contributed by atoms with E-state index in [0.717, 1.165) is 28.9 Å². The Bertz CT molecular complexity index is 819. The van der Waals surface area contributed by atoms with Crippen LogP contribution in [-0.2, 0) is 16.0 Å². The Morgan fingerprint density at radius 1 is 1.28 bits per heavy atom. The molecule has 1 heterocycles. The van der Waals surface area contributed by atoms with E-state index in [2.05, 4.69) is 5.32 Å². The fourth-order valence-electron chi connectivity index (χ4n) is 3.07. The number of rotatable bonds is 4. The molecule has 2 amide bonds. The van der Waals surface area contributed by atoms with Crippen LogP contribution >= 0.6 is 11.6 Å². The average Bonchev–Trinajstić information content (AvgIpc) is 3.00. The Morgan fingerprint density at radius 3 is 2.76 bits per heavy atom. The second kappa shape index (κ2) is 7.28. The van der Waals surface area contributed by atoms with E-state index in [-0.39, 0.29) is 24.2 Å². The lowest BCUT2D eigenvalue weighted by molar-refractivity contribution is -0.122. The summed E-state index contributed by atoms with van der Waals surface area (Å²) >= 11 is 6.16. The summed E-state index contributed by atoms with van der Waals surface area (Å²) in [5, 5.41) is 3.59. The number of anilines is 2. The molecule has 1 atom stereocenters. The van der Waals surface area contributed by atoms with E-state index >= 15 is 0 Å². The minimum Gasteiger partial charge on any atom is -0.326 e. The van der Waals surface area contributed by atoms with Crippen LogP contribution in [0.3, 0.4) is 0 Å². The lowest BCUT2D eigenvalue weighted by Gasteiger charge is -2.18. The third-order valence-electron chi connectivity index (χ3n) is 4.62. The summed E-state index contributed by atoms with van der Waals surface area (Å²) in [7, 11) is 0. The fraction of sp³-hybridized carbons (Fsp3) is 0.300. The van der Waals surface area contributed by atoms with Crippen molar-refractivity contribution in [3.63, 3.8) is 0 Å². The molecule has 3 rings (SSSR count). The van der Waals surface area contributed by atoms with E-state index in [1.54, 1.807) is 11.0 Å². The van der Waals surface area contributed by atoms with Crippen molar-refractivity contribution in [2.75, 3.05) is 16.8 Å². The van der Waals surface area contributed by atoms with Crippen molar-refractivity contribution in [3.05, 3.63) is 58.6 Å². The van der Waals surface area contributed by atoms with E-state index in [1.165, 1.54) is 0 Å². The number of carbonyl (C=O) groups excluding carboxylic acids is 2. The molecule has 0 saturated carbocycles. The van der Waals surface area contributed by atoms with Crippen LogP contribution in [-0.4, -0.2) is 18.4 Å². The third-order valence-corrected chi connectivity index (χ3v) is 5.03. The molecule has 4 nitrogen and oxygen atoms in total. The number of nitrogens with zero attached hydrogens (tertiary/aromatic N) is 1. The van der Waals surface area contributed by atoms with Crippen molar-refractivity contribution in [1.29, 1.82) is 0 Å². The smallest absolute Gasteiger partial charge is 0.229 e. The largest absolute Gasteiger partial charge is 0.326 e. The van der Waals surface area contributed by atoms with Gasteiger partial charge in [-0.25, -0.2) is 0 Å². The molecular formula is C20H21ClN2O2. The summed E-state index contributed by atoms with van der Waals surface area (Å²) in [5.74, 6) is -0.531. The molecule has 1 saturated heterocycles. The van der Waals surface area contributed by atoms with Crippen LogP contribution in [0.4, 0.5) is 11.4 Å². The van der Waals surface area contributed by atoms with Crippen molar-refractivity contribution < 1.29 is 9.59 Å². The number of aryl methyl sites for hydroxylation is 2. The highest BCUT2D eigenvalue weighted by Gasteiger charge is 2.35. The van der Waals surface area contributed by atoms with Gasteiger partial charge in [-0.1, -0.05) is 42.8 Å². The fourth-order valence-corrected chi connectivity index (χ4v) is 3.24. The number of nitrogens with one attached hydrogen (secondary N) is 1. The maximum absolute atomic E-state index is 12.6. The molecule has 1 fully saturated rings. The number of amides is 2. The Kier molecular flexibility index (Phi) is 5.09. The second-order valence-electron chi connectivity index (χ2n) is 6.34. The van der Waals surface area contributed by atoms with Crippen LogP contribution in [0, 0.1) is 12.8 Å². The zero-order valence-corrected chi connectivity index (χ0v) is 15.1. The van der Waals surface area contributed by atoms with Crippen molar-refractivity contribution in [3.8, 4) is 0 Å². The van der Waals surface area contributed by atoms with E-state index in [4.69, 9.17) is 11.6 Å². The van der Waals surface area contributed by atoms with Crippen LogP contribution in [0.1, 0.15) is 24.5 Å². The lowest BCUT2D eigenvalue weighted by atomic mass is 10.1. The van der Waals surface area contributed by atoms with Gasteiger partial charge in [-0.15, -0.1) is 0 Å². The molecule has 2 aromatic carbocycles. The first-order valence-electron chi connectivity index (χ1n) is 8.45. The van der Waals surface area contributed by atoms with Gasteiger partial charge in [-0.05, 0) is 42.7 Å². The summed E-state index contributed by atoms with van der Waals surface area (Å²) in [6, 6.07) is 13.3. The predicted octanol–water partition coefficient (Wildman–Crippen LogP) is 4.20.